The minimum atomic E-state index is -3.01. The van der Waals surface area contributed by atoms with Gasteiger partial charge in [-0.3, -0.25) is 9.88 Å². The molecule has 2 aromatic heterocycles. The van der Waals surface area contributed by atoms with Gasteiger partial charge in [-0.1, -0.05) is 42.5 Å². The maximum absolute atomic E-state index is 14.3. The van der Waals surface area contributed by atoms with Crippen LogP contribution in [0.3, 0.4) is 0 Å². The lowest BCUT2D eigenvalue weighted by atomic mass is 10.0. The normalized spacial score (nSPS) is 18.9. The molecule has 2 aliphatic rings. The fourth-order valence-corrected chi connectivity index (χ4v) is 7.92. The Bertz CT molecular complexity index is 1570. The average Bonchev–Trinajstić information content (AvgIpc) is 3.25. The van der Waals surface area contributed by atoms with E-state index in [1.807, 2.05) is 31.2 Å². The van der Waals surface area contributed by atoms with Crippen molar-refractivity contribution in [1.29, 1.82) is 0 Å². The van der Waals surface area contributed by atoms with Crippen LogP contribution in [0.1, 0.15) is 35.5 Å². The zero-order valence-electron chi connectivity index (χ0n) is 21.9. The van der Waals surface area contributed by atoms with Crippen molar-refractivity contribution in [2.75, 3.05) is 37.3 Å². The Morgan fingerprint density at radius 2 is 1.87 bits per heavy atom. The number of hydrogen-bond donors (Lipinski definition) is 1. The van der Waals surface area contributed by atoms with E-state index in [0.29, 0.717) is 45.9 Å². The van der Waals surface area contributed by atoms with Gasteiger partial charge in [0.05, 0.1) is 23.3 Å². The van der Waals surface area contributed by atoms with E-state index < -0.39 is 19.7 Å². The lowest BCUT2D eigenvalue weighted by Crippen LogP contribution is -2.37. The van der Waals surface area contributed by atoms with Crippen molar-refractivity contribution < 1.29 is 18.1 Å². The second-order valence-corrected chi connectivity index (χ2v) is 13.5. The van der Waals surface area contributed by atoms with Crippen LogP contribution in [0.2, 0.25) is 0 Å². The second-order valence-electron chi connectivity index (χ2n) is 10.4. The number of aromatic nitrogens is 3. The molecule has 7 nitrogen and oxygen atoms in total. The van der Waals surface area contributed by atoms with Gasteiger partial charge in [0.1, 0.15) is 30.0 Å². The predicted molar refractivity (Wildman–Crippen MR) is 149 cm³/mol. The Hall–Kier alpha value is -3.42. The van der Waals surface area contributed by atoms with Crippen LogP contribution in [0.15, 0.2) is 60.8 Å². The first-order chi connectivity index (χ1) is 18.7. The smallest absolute Gasteiger partial charge is 0.310 e. The summed E-state index contributed by atoms with van der Waals surface area (Å²) in [7, 11) is -2.70. The highest BCUT2D eigenvalue weighted by Crippen LogP contribution is 2.47. The van der Waals surface area contributed by atoms with Gasteiger partial charge in [-0.15, -0.1) is 0 Å². The number of ether oxygens (including phenoxy) is 1. The number of rotatable bonds is 6. The minimum absolute atomic E-state index is 0.0967. The fraction of sp³-hybridized carbons (Fsp3) is 0.345. The molecule has 39 heavy (non-hydrogen) atoms. The van der Waals surface area contributed by atoms with Crippen molar-refractivity contribution in [1.82, 2.24) is 19.9 Å². The molecule has 1 saturated heterocycles. The monoisotopic (exact) mass is 549 g/mol. The highest BCUT2D eigenvalue weighted by atomic mass is 31.2. The van der Waals surface area contributed by atoms with E-state index in [-0.39, 0.29) is 17.4 Å². The zero-order chi connectivity index (χ0) is 27.2. The van der Waals surface area contributed by atoms with E-state index in [1.165, 1.54) is 11.6 Å². The van der Waals surface area contributed by atoms with Gasteiger partial charge in [-0.25, -0.2) is 9.97 Å². The summed E-state index contributed by atoms with van der Waals surface area (Å²) < 4.78 is 48.0. The first kappa shape index (κ1) is 25.8. The maximum atomic E-state index is 14.3. The largest absolute Gasteiger partial charge is 0.486 e. The van der Waals surface area contributed by atoms with Gasteiger partial charge < -0.3 is 14.6 Å². The summed E-state index contributed by atoms with van der Waals surface area (Å²) in [6.07, 6.45) is 2.78. The number of hydrogen-bond acceptors (Lipinski definition) is 7. The molecule has 6 rings (SSSR count). The van der Waals surface area contributed by atoms with E-state index in [4.69, 9.17) is 4.74 Å². The number of benzene rings is 2. The quantitative estimate of drug-likeness (QED) is 0.319. The fourth-order valence-electron chi connectivity index (χ4n) is 5.40. The third-order valence-electron chi connectivity index (χ3n) is 7.56. The Balaban J connectivity index is 1.26. The minimum Gasteiger partial charge on any atom is -0.486 e. The molecule has 0 spiro atoms. The van der Waals surface area contributed by atoms with Gasteiger partial charge in [0, 0.05) is 42.9 Å². The summed E-state index contributed by atoms with van der Waals surface area (Å²) in [6.45, 7) is 5.33. The van der Waals surface area contributed by atoms with Crippen LogP contribution in [0, 0.1) is 6.92 Å². The average molecular weight is 550 g/mol. The van der Waals surface area contributed by atoms with E-state index in [9.17, 15) is 13.3 Å². The number of para-hydroxylation sites is 1. The molecule has 4 heterocycles. The maximum Gasteiger partial charge on any atom is 0.310 e. The first-order valence-corrected chi connectivity index (χ1v) is 15.2. The molecular weight excluding hydrogens is 519 g/mol. The van der Waals surface area contributed by atoms with Crippen molar-refractivity contribution in [3.63, 3.8) is 0 Å². The van der Waals surface area contributed by atoms with Gasteiger partial charge in [-0.2, -0.15) is 8.78 Å². The summed E-state index contributed by atoms with van der Waals surface area (Å²) in [5.41, 5.74) is 2.99. The summed E-state index contributed by atoms with van der Waals surface area (Å²) in [5.74, 6) is -1.70. The molecule has 0 aliphatic carbocycles. The molecule has 0 radical (unpaired) electrons. The SMILES string of the molecule is Cc1nc(N[C@H](C)c2cccc3c2OCC3(F)F)c2cc(P3(=O)CCN(Cc4ccccc4)CC3)ncc2n1. The van der Waals surface area contributed by atoms with E-state index in [2.05, 4.69) is 37.3 Å². The highest BCUT2D eigenvalue weighted by molar-refractivity contribution is 7.71. The number of aryl methyl sites for hydroxylation is 1. The Morgan fingerprint density at radius 3 is 2.64 bits per heavy atom. The number of alkyl halides is 2. The Kier molecular flexibility index (Phi) is 6.60. The molecule has 10 heteroatoms. The molecule has 2 aliphatic heterocycles. The van der Waals surface area contributed by atoms with Crippen LogP contribution in [-0.2, 0) is 17.0 Å². The molecule has 0 amide bonds. The highest BCUT2D eigenvalue weighted by Gasteiger charge is 2.43. The van der Waals surface area contributed by atoms with E-state index in [1.54, 1.807) is 25.3 Å². The van der Waals surface area contributed by atoms with Gasteiger partial charge in [-0.05, 0) is 31.5 Å². The predicted octanol–water partition coefficient (Wildman–Crippen LogP) is 5.49. The number of pyridine rings is 1. The molecule has 0 unspecified atom stereocenters. The molecule has 1 N–H and O–H groups in total. The van der Waals surface area contributed by atoms with Crippen molar-refractivity contribution in [3.8, 4) is 5.75 Å². The lowest BCUT2D eigenvalue weighted by molar-refractivity contribution is -0.0214. The van der Waals surface area contributed by atoms with Crippen LogP contribution < -0.4 is 15.5 Å². The first-order valence-electron chi connectivity index (χ1n) is 13.1. The summed E-state index contributed by atoms with van der Waals surface area (Å²) in [5, 5.41) is 4.08. The van der Waals surface area contributed by atoms with Gasteiger partial charge >= 0.3 is 5.92 Å². The van der Waals surface area contributed by atoms with Crippen molar-refractivity contribution in [2.45, 2.75) is 32.4 Å². The number of nitrogens with zero attached hydrogens (tertiary/aromatic N) is 4. The van der Waals surface area contributed by atoms with E-state index >= 15 is 0 Å². The van der Waals surface area contributed by atoms with Crippen molar-refractivity contribution >= 4 is 29.3 Å². The number of anilines is 1. The van der Waals surface area contributed by atoms with Gasteiger partial charge in [0.2, 0.25) is 0 Å². The summed E-state index contributed by atoms with van der Waals surface area (Å²) in [6, 6.07) is 16.6. The second kappa shape index (κ2) is 9.96. The molecule has 1 atom stereocenters. The topological polar surface area (TPSA) is 80.2 Å². The zero-order valence-corrected chi connectivity index (χ0v) is 22.8. The van der Waals surface area contributed by atoms with Crippen LogP contribution in [0.5, 0.6) is 5.75 Å². The van der Waals surface area contributed by atoms with Crippen LogP contribution >= 0.6 is 7.14 Å². The van der Waals surface area contributed by atoms with Crippen molar-refractivity contribution in [3.05, 3.63) is 83.3 Å². The molecule has 0 bridgehead atoms. The number of halogens is 2. The van der Waals surface area contributed by atoms with Crippen LogP contribution in [0.25, 0.3) is 10.9 Å². The van der Waals surface area contributed by atoms with Crippen molar-refractivity contribution in [2.24, 2.45) is 0 Å². The Labute approximate surface area is 226 Å². The van der Waals surface area contributed by atoms with Gasteiger partial charge in [0.25, 0.3) is 0 Å². The molecular formula is C29H30F2N5O2P. The van der Waals surface area contributed by atoms with Crippen LogP contribution in [-0.4, -0.2) is 51.9 Å². The summed E-state index contributed by atoms with van der Waals surface area (Å²) in [4.78, 5) is 16.1. The molecule has 4 aromatic rings. The molecule has 1 fully saturated rings. The summed E-state index contributed by atoms with van der Waals surface area (Å²) >= 11 is 0. The van der Waals surface area contributed by atoms with E-state index in [0.717, 1.165) is 19.6 Å². The Morgan fingerprint density at radius 1 is 1.10 bits per heavy atom. The van der Waals surface area contributed by atoms with Crippen LogP contribution in [0.4, 0.5) is 14.6 Å². The number of fused-ring (bicyclic) bond motifs is 2. The lowest BCUT2D eigenvalue weighted by Gasteiger charge is -2.32. The standard InChI is InChI=1S/C29H30F2N5O2P/c1-19(22-9-6-10-24-27(22)38-18-29(24,30)31)33-28-23-15-26(32-16-25(23)34-20(2)35-28)39(37)13-11-36(12-14-39)17-21-7-4-3-5-8-21/h3-10,15-16,19H,11-14,17-18H2,1-2H3,(H,33,34,35)/t19-/m1/s1. The number of nitrogens with one attached hydrogen (secondary N) is 1. The molecule has 202 valence electrons. The van der Waals surface area contributed by atoms with Gasteiger partial charge in [0.15, 0.2) is 6.61 Å². The molecule has 2 aromatic carbocycles. The molecule has 0 saturated carbocycles. The third-order valence-corrected chi connectivity index (χ3v) is 10.5. The third kappa shape index (κ3) is 5.01.